The molecular weight excluding hydrogens is 519 g/mol. The Morgan fingerprint density at radius 2 is 1.79 bits per heavy atom. The molecule has 0 N–H and O–H groups in total. The van der Waals surface area contributed by atoms with Gasteiger partial charge in [0, 0.05) is 54.2 Å². The van der Waals surface area contributed by atoms with E-state index in [-0.39, 0.29) is 35.1 Å². The average Bonchev–Trinajstić information content (AvgIpc) is 3.49. The van der Waals surface area contributed by atoms with Crippen LogP contribution >= 0.6 is 0 Å². The lowest BCUT2D eigenvalue weighted by molar-refractivity contribution is -0.0507. The molecule has 7 rings (SSSR count). The van der Waals surface area contributed by atoms with Crippen LogP contribution in [-0.4, -0.2) is 59.1 Å². The third kappa shape index (κ3) is 3.80. The Balaban J connectivity index is 1.27. The minimum absolute atomic E-state index is 0.0460. The highest BCUT2D eigenvalue weighted by molar-refractivity contribution is 7.91. The molecule has 0 radical (unpaired) electrons. The summed E-state index contributed by atoms with van der Waals surface area (Å²) in [7, 11) is -3.04. The van der Waals surface area contributed by atoms with Gasteiger partial charge in [0.15, 0.2) is 9.84 Å². The molecule has 3 atom stereocenters. The minimum atomic E-state index is -3.04. The molecule has 1 aliphatic carbocycles. The average molecular weight is 542 g/mol. The van der Waals surface area contributed by atoms with Crippen molar-refractivity contribution in [2.75, 3.05) is 29.5 Å². The number of alkyl halides is 2. The molecule has 196 valence electrons. The number of hydrogen-bond donors (Lipinski definition) is 0. The van der Waals surface area contributed by atoms with E-state index in [4.69, 9.17) is 9.72 Å². The Bertz CT molecular complexity index is 1660. The number of hydrogen-bond acceptors (Lipinski definition) is 7. The number of aromatic nitrogens is 4. The second-order valence-electron chi connectivity index (χ2n) is 9.94. The second kappa shape index (κ2) is 8.42. The number of benzene rings is 2. The van der Waals surface area contributed by atoms with E-state index < -0.39 is 22.3 Å². The first kappa shape index (κ1) is 23.4. The van der Waals surface area contributed by atoms with Crippen molar-refractivity contribution in [1.29, 1.82) is 0 Å². The number of para-hydroxylation sites is 1. The quantitative estimate of drug-likeness (QED) is 0.375. The number of anilines is 1. The van der Waals surface area contributed by atoms with Crippen LogP contribution in [0.2, 0.25) is 0 Å². The van der Waals surface area contributed by atoms with Crippen molar-refractivity contribution in [3.05, 3.63) is 66.0 Å². The molecule has 2 fully saturated rings. The van der Waals surface area contributed by atoms with Crippen LogP contribution in [0.3, 0.4) is 0 Å². The number of rotatable bonds is 5. The highest BCUT2D eigenvalue weighted by Crippen LogP contribution is 2.63. The molecule has 1 unspecified atom stereocenters. The Kier molecular flexibility index (Phi) is 5.19. The Morgan fingerprint density at radius 3 is 2.53 bits per heavy atom. The number of nitrogens with zero attached hydrogens (tertiary/aromatic N) is 5. The molecule has 0 spiro atoms. The van der Waals surface area contributed by atoms with Gasteiger partial charge >= 0.3 is 6.61 Å². The third-order valence-corrected chi connectivity index (χ3v) is 9.30. The summed E-state index contributed by atoms with van der Waals surface area (Å²) >= 11 is 0. The van der Waals surface area contributed by atoms with Crippen molar-refractivity contribution in [2.24, 2.45) is 5.92 Å². The summed E-state index contributed by atoms with van der Waals surface area (Å²) in [5.41, 5.74) is 2.61. The third-order valence-electron chi connectivity index (χ3n) is 7.69. The van der Waals surface area contributed by atoms with E-state index in [1.54, 1.807) is 29.2 Å². The van der Waals surface area contributed by atoms with Gasteiger partial charge < -0.3 is 14.2 Å². The molecule has 3 aliphatic rings. The van der Waals surface area contributed by atoms with Gasteiger partial charge in [-0.3, -0.25) is 0 Å². The first-order valence-corrected chi connectivity index (χ1v) is 14.1. The van der Waals surface area contributed by atoms with Crippen LogP contribution in [0.1, 0.15) is 29.8 Å². The summed E-state index contributed by atoms with van der Waals surface area (Å²) < 4.78 is 71.8. The van der Waals surface area contributed by atoms with Crippen LogP contribution in [0.5, 0.6) is 5.75 Å². The van der Waals surface area contributed by atoms with E-state index in [1.807, 2.05) is 4.57 Å². The number of ether oxygens (including phenoxy) is 1. The molecule has 2 aliphatic heterocycles. The fourth-order valence-corrected chi connectivity index (χ4v) is 7.00. The predicted octanol–water partition coefficient (Wildman–Crippen LogP) is 4.18. The molecule has 1 saturated heterocycles. The van der Waals surface area contributed by atoms with Crippen molar-refractivity contribution in [1.82, 2.24) is 19.5 Å². The highest BCUT2D eigenvalue weighted by Gasteiger charge is 2.55. The Hall–Kier alpha value is -3.67. The molecule has 2 aromatic heterocycles. The molecule has 38 heavy (non-hydrogen) atoms. The van der Waals surface area contributed by atoms with E-state index in [2.05, 4.69) is 9.97 Å². The lowest BCUT2D eigenvalue weighted by Crippen LogP contribution is -2.41. The maximum Gasteiger partial charge on any atom is 0.387 e. The first-order valence-electron chi connectivity index (χ1n) is 12.3. The van der Waals surface area contributed by atoms with E-state index in [9.17, 15) is 17.2 Å². The molecular formula is C26H22F3N5O3S. The van der Waals surface area contributed by atoms with Gasteiger partial charge in [0.25, 0.3) is 0 Å². The lowest BCUT2D eigenvalue weighted by atomic mass is 10.0. The fraction of sp³-hybridized carbons (Fsp3) is 0.346. The smallest absolute Gasteiger partial charge is 0.387 e. The molecule has 0 bridgehead atoms. The Labute approximate surface area is 216 Å². The van der Waals surface area contributed by atoms with Crippen LogP contribution in [0.4, 0.5) is 19.1 Å². The summed E-state index contributed by atoms with van der Waals surface area (Å²) in [6.45, 7) is -2.32. The summed E-state index contributed by atoms with van der Waals surface area (Å²) in [4.78, 5) is 15.3. The summed E-state index contributed by atoms with van der Waals surface area (Å²) in [6, 6.07) is 9.63. The zero-order valence-electron chi connectivity index (χ0n) is 20.0. The maximum atomic E-state index is 15.3. The first-order chi connectivity index (χ1) is 18.3. The van der Waals surface area contributed by atoms with Gasteiger partial charge in [-0.15, -0.1) is 0 Å². The molecule has 1 saturated carbocycles. The van der Waals surface area contributed by atoms with Gasteiger partial charge in [0.05, 0.1) is 28.6 Å². The molecule has 4 aromatic rings. The van der Waals surface area contributed by atoms with E-state index in [0.29, 0.717) is 46.8 Å². The molecule has 8 nitrogen and oxygen atoms in total. The van der Waals surface area contributed by atoms with Crippen LogP contribution in [0.25, 0.3) is 22.2 Å². The number of imidazole rings is 1. The normalized spacial score (nSPS) is 23.5. The van der Waals surface area contributed by atoms with Gasteiger partial charge in [-0.1, -0.05) is 18.2 Å². The van der Waals surface area contributed by atoms with Crippen LogP contribution in [0, 0.1) is 11.7 Å². The molecule has 12 heteroatoms. The molecule has 4 heterocycles. The van der Waals surface area contributed by atoms with Crippen molar-refractivity contribution in [2.45, 2.75) is 25.0 Å². The lowest BCUT2D eigenvalue weighted by Gasteiger charge is -2.26. The van der Waals surface area contributed by atoms with Crippen LogP contribution < -0.4 is 9.64 Å². The largest absolute Gasteiger partial charge is 0.434 e. The zero-order chi connectivity index (χ0) is 26.2. The van der Waals surface area contributed by atoms with Gasteiger partial charge in [-0.25, -0.2) is 27.8 Å². The van der Waals surface area contributed by atoms with E-state index >= 15 is 4.39 Å². The number of sulfone groups is 1. The van der Waals surface area contributed by atoms with Gasteiger partial charge in [0.1, 0.15) is 17.4 Å². The van der Waals surface area contributed by atoms with Crippen molar-refractivity contribution in [3.8, 4) is 16.9 Å². The number of fused-ring (bicyclic) bond motifs is 5. The topological polar surface area (TPSA) is 90.2 Å². The van der Waals surface area contributed by atoms with Crippen LogP contribution in [0.15, 0.2) is 48.8 Å². The van der Waals surface area contributed by atoms with Crippen LogP contribution in [-0.2, 0) is 9.84 Å². The monoisotopic (exact) mass is 541 g/mol. The minimum Gasteiger partial charge on any atom is -0.434 e. The van der Waals surface area contributed by atoms with Crippen molar-refractivity contribution >= 4 is 26.8 Å². The Morgan fingerprint density at radius 1 is 1.05 bits per heavy atom. The van der Waals surface area contributed by atoms with Crippen molar-refractivity contribution in [3.63, 3.8) is 0 Å². The van der Waals surface area contributed by atoms with Gasteiger partial charge in [0.2, 0.25) is 5.95 Å². The fourth-order valence-electron chi connectivity index (χ4n) is 5.80. The number of halogens is 3. The summed E-state index contributed by atoms with van der Waals surface area (Å²) in [5, 5.41) is 0. The standard InChI is InChI=1S/C26H22F3N5O3S/c27-19-11-20-21(10-16(19)14-12-30-26(31-13-14)33-5-7-38(35,36)8-6-33)34-23(17-9-18(17)24(34)32-20)15-3-1-2-4-22(15)37-25(28)29/h1-4,10-13,17-18,23,25H,5-9H2/t17?,18-,23+/m1/s1. The predicted molar refractivity (Wildman–Crippen MR) is 134 cm³/mol. The van der Waals surface area contributed by atoms with Gasteiger partial charge in [-0.2, -0.15) is 8.78 Å². The summed E-state index contributed by atoms with van der Waals surface area (Å²) in [5.74, 6) is 1.37. The van der Waals surface area contributed by atoms with Gasteiger partial charge in [-0.05, 0) is 24.5 Å². The molecule has 0 amide bonds. The highest BCUT2D eigenvalue weighted by atomic mass is 32.2. The summed E-state index contributed by atoms with van der Waals surface area (Å²) in [6.07, 6.45) is 3.94. The van der Waals surface area contributed by atoms with E-state index in [0.717, 1.165) is 12.2 Å². The second-order valence-corrected chi connectivity index (χ2v) is 12.2. The molecule has 2 aromatic carbocycles. The van der Waals surface area contributed by atoms with E-state index in [1.165, 1.54) is 24.5 Å². The van der Waals surface area contributed by atoms with Crippen molar-refractivity contribution < 1.29 is 26.3 Å². The maximum absolute atomic E-state index is 15.3. The zero-order valence-corrected chi connectivity index (χ0v) is 20.8. The SMILES string of the molecule is O=S1(=O)CCN(c2ncc(-c3cc4c(cc3F)nc3n4[C@@H](c4ccccc4OC(F)F)C4C[C@@H]34)cn2)CC1.